The highest BCUT2D eigenvalue weighted by Gasteiger charge is 2.23. The van der Waals surface area contributed by atoms with Gasteiger partial charge < -0.3 is 24.3 Å². The second-order valence-corrected chi connectivity index (χ2v) is 7.25. The zero-order valence-corrected chi connectivity index (χ0v) is 18.0. The molecule has 0 fully saturated rings. The Morgan fingerprint density at radius 3 is 2.83 bits per heavy atom. The summed E-state index contributed by atoms with van der Waals surface area (Å²) in [6, 6.07) is 5.46. The van der Waals surface area contributed by atoms with Crippen molar-refractivity contribution in [1.29, 1.82) is 0 Å². The second-order valence-electron chi connectivity index (χ2n) is 7.25. The number of carbonyl (C=O) groups is 1. The molecule has 3 rings (SSSR count). The van der Waals surface area contributed by atoms with Gasteiger partial charge >= 0.3 is 0 Å². The van der Waals surface area contributed by atoms with Gasteiger partial charge in [-0.3, -0.25) is 9.59 Å². The summed E-state index contributed by atoms with van der Waals surface area (Å²) < 4.78 is 12.9. The molecule has 160 valence electrons. The number of pyridine rings is 2. The van der Waals surface area contributed by atoms with E-state index >= 15 is 0 Å². The van der Waals surface area contributed by atoms with E-state index in [0.717, 1.165) is 16.7 Å². The van der Waals surface area contributed by atoms with Gasteiger partial charge in [0.15, 0.2) is 0 Å². The number of amides is 1. The van der Waals surface area contributed by atoms with Crippen LogP contribution >= 0.6 is 0 Å². The maximum absolute atomic E-state index is 13.2. The number of fused-ring (bicyclic) bond motifs is 1. The van der Waals surface area contributed by atoms with Gasteiger partial charge in [-0.25, -0.2) is 4.98 Å². The molecule has 0 spiro atoms. The van der Waals surface area contributed by atoms with Crippen molar-refractivity contribution < 1.29 is 14.3 Å². The van der Waals surface area contributed by atoms with Gasteiger partial charge in [0.25, 0.3) is 11.5 Å². The van der Waals surface area contributed by atoms with Gasteiger partial charge in [-0.05, 0) is 45.9 Å². The average molecular weight is 412 g/mol. The first-order valence-electron chi connectivity index (χ1n) is 9.97. The predicted octanol–water partition coefficient (Wildman–Crippen LogP) is 2.88. The Morgan fingerprint density at radius 1 is 1.37 bits per heavy atom. The Hall–Kier alpha value is -3.13. The molecule has 3 aromatic heterocycles. The minimum Gasteiger partial charge on any atom is -0.493 e. The van der Waals surface area contributed by atoms with Gasteiger partial charge in [-0.1, -0.05) is 0 Å². The zero-order chi connectivity index (χ0) is 21.8. The standard InChI is InChI=1S/C22H28N4O4/c1-6-30-18-10-13(2)25-21(27)17(18)11-24-22(28)19-15(4)26(14(3)12-29-5)20-16(19)8-7-9-23-20/h7-10,14H,6,11-12H2,1-5H3,(H,24,28)(H,25,27). The summed E-state index contributed by atoms with van der Waals surface area (Å²) in [4.78, 5) is 32.8. The summed E-state index contributed by atoms with van der Waals surface area (Å²) in [6.45, 7) is 8.55. The third-order valence-electron chi connectivity index (χ3n) is 5.04. The number of hydrogen-bond donors (Lipinski definition) is 2. The molecule has 3 heterocycles. The maximum atomic E-state index is 13.2. The number of aromatic amines is 1. The van der Waals surface area contributed by atoms with E-state index in [1.807, 2.05) is 37.5 Å². The average Bonchev–Trinajstić information content (AvgIpc) is 2.99. The van der Waals surface area contributed by atoms with Crippen LogP contribution in [0.1, 0.15) is 47.2 Å². The fraction of sp³-hybridized carbons (Fsp3) is 0.409. The van der Waals surface area contributed by atoms with Crippen molar-refractivity contribution in [1.82, 2.24) is 19.9 Å². The molecular weight excluding hydrogens is 384 g/mol. The van der Waals surface area contributed by atoms with Gasteiger partial charge in [0, 0.05) is 30.1 Å². The molecule has 0 aliphatic rings. The molecule has 0 radical (unpaired) electrons. The normalized spacial score (nSPS) is 12.2. The van der Waals surface area contributed by atoms with E-state index in [0.29, 0.717) is 35.8 Å². The molecule has 1 unspecified atom stereocenters. The summed E-state index contributed by atoms with van der Waals surface area (Å²) in [5.41, 5.74) is 2.90. The van der Waals surface area contributed by atoms with Crippen LogP contribution in [0.4, 0.5) is 0 Å². The van der Waals surface area contributed by atoms with E-state index < -0.39 is 0 Å². The number of rotatable bonds is 8. The van der Waals surface area contributed by atoms with Crippen LogP contribution < -0.4 is 15.6 Å². The van der Waals surface area contributed by atoms with Crippen LogP contribution in [0.5, 0.6) is 5.75 Å². The summed E-state index contributed by atoms with van der Waals surface area (Å²) in [5.74, 6) is 0.213. The van der Waals surface area contributed by atoms with Crippen LogP contribution in [0.2, 0.25) is 0 Å². The molecule has 2 N–H and O–H groups in total. The molecule has 1 amide bonds. The lowest BCUT2D eigenvalue weighted by Crippen LogP contribution is -2.28. The predicted molar refractivity (Wildman–Crippen MR) is 115 cm³/mol. The van der Waals surface area contributed by atoms with E-state index in [4.69, 9.17) is 9.47 Å². The van der Waals surface area contributed by atoms with E-state index in [9.17, 15) is 9.59 Å². The molecule has 0 aromatic carbocycles. The first-order valence-corrected chi connectivity index (χ1v) is 9.97. The molecule has 8 nitrogen and oxygen atoms in total. The van der Waals surface area contributed by atoms with Gasteiger partial charge in [0.1, 0.15) is 11.4 Å². The highest BCUT2D eigenvalue weighted by Crippen LogP contribution is 2.28. The van der Waals surface area contributed by atoms with Crippen LogP contribution in [0.3, 0.4) is 0 Å². The van der Waals surface area contributed by atoms with Crippen molar-refractivity contribution in [3.05, 3.63) is 57.3 Å². The number of ether oxygens (including phenoxy) is 2. The van der Waals surface area contributed by atoms with Crippen molar-refractivity contribution in [3.8, 4) is 5.75 Å². The summed E-state index contributed by atoms with van der Waals surface area (Å²) in [5, 5.41) is 3.64. The molecule has 0 saturated carbocycles. The molecule has 8 heteroatoms. The highest BCUT2D eigenvalue weighted by molar-refractivity contribution is 6.07. The number of nitrogens with zero attached hydrogens (tertiary/aromatic N) is 2. The summed E-state index contributed by atoms with van der Waals surface area (Å²) >= 11 is 0. The van der Waals surface area contributed by atoms with E-state index in [1.54, 1.807) is 26.3 Å². The van der Waals surface area contributed by atoms with E-state index in [-0.39, 0.29) is 24.1 Å². The fourth-order valence-corrected chi connectivity index (χ4v) is 3.79. The van der Waals surface area contributed by atoms with Gasteiger partial charge in [0.2, 0.25) is 0 Å². The van der Waals surface area contributed by atoms with Crippen molar-refractivity contribution >= 4 is 16.9 Å². The van der Waals surface area contributed by atoms with Crippen molar-refractivity contribution in [3.63, 3.8) is 0 Å². The number of H-pyrrole nitrogens is 1. The van der Waals surface area contributed by atoms with Crippen LogP contribution in [-0.2, 0) is 11.3 Å². The Morgan fingerprint density at radius 2 is 2.13 bits per heavy atom. The lowest BCUT2D eigenvalue weighted by molar-refractivity contribution is 0.0950. The molecule has 0 bridgehead atoms. The highest BCUT2D eigenvalue weighted by atomic mass is 16.5. The number of methoxy groups -OCH3 is 1. The van der Waals surface area contributed by atoms with Crippen LogP contribution in [0, 0.1) is 13.8 Å². The van der Waals surface area contributed by atoms with Gasteiger partial charge in [-0.15, -0.1) is 0 Å². The molecular formula is C22H28N4O4. The van der Waals surface area contributed by atoms with Crippen LogP contribution in [0.25, 0.3) is 11.0 Å². The quantitative estimate of drug-likeness (QED) is 0.593. The van der Waals surface area contributed by atoms with E-state index in [1.165, 1.54) is 0 Å². The lowest BCUT2D eigenvalue weighted by Gasteiger charge is -2.16. The SMILES string of the molecule is CCOc1cc(C)[nH]c(=O)c1CNC(=O)c1c(C)n(C(C)COC)c2ncccc12. The molecule has 0 aliphatic carbocycles. The number of hydrogen-bond acceptors (Lipinski definition) is 5. The van der Waals surface area contributed by atoms with Crippen molar-refractivity contribution in [2.75, 3.05) is 20.3 Å². The summed E-state index contributed by atoms with van der Waals surface area (Å²) in [6.07, 6.45) is 1.71. The molecule has 3 aromatic rings. The maximum Gasteiger partial charge on any atom is 0.256 e. The monoisotopic (exact) mass is 412 g/mol. The molecule has 0 saturated heterocycles. The number of aromatic nitrogens is 3. The fourth-order valence-electron chi connectivity index (χ4n) is 3.79. The summed E-state index contributed by atoms with van der Waals surface area (Å²) in [7, 11) is 1.65. The Bertz CT molecular complexity index is 1120. The van der Waals surface area contributed by atoms with Gasteiger partial charge in [-0.2, -0.15) is 0 Å². The van der Waals surface area contributed by atoms with E-state index in [2.05, 4.69) is 15.3 Å². The largest absolute Gasteiger partial charge is 0.493 e. The Balaban J connectivity index is 1.96. The smallest absolute Gasteiger partial charge is 0.256 e. The first-order chi connectivity index (χ1) is 14.4. The molecule has 0 aliphatic heterocycles. The number of aryl methyl sites for hydroxylation is 1. The lowest BCUT2D eigenvalue weighted by atomic mass is 10.1. The van der Waals surface area contributed by atoms with Crippen molar-refractivity contribution in [2.45, 2.75) is 40.3 Å². The zero-order valence-electron chi connectivity index (χ0n) is 18.0. The van der Waals surface area contributed by atoms with Crippen LogP contribution in [0.15, 0.2) is 29.2 Å². The third kappa shape index (κ3) is 4.09. The first kappa shape index (κ1) is 21.6. The number of carbonyl (C=O) groups excluding carboxylic acids is 1. The Kier molecular flexibility index (Phi) is 6.56. The topological polar surface area (TPSA) is 98.2 Å². The third-order valence-corrected chi connectivity index (χ3v) is 5.04. The van der Waals surface area contributed by atoms with Gasteiger partial charge in [0.05, 0.1) is 36.9 Å². The number of nitrogens with one attached hydrogen (secondary N) is 2. The minimum absolute atomic E-state index is 0.0125. The molecule has 1 atom stereocenters. The molecule has 30 heavy (non-hydrogen) atoms. The second kappa shape index (κ2) is 9.13. The minimum atomic E-state index is -0.270. The van der Waals surface area contributed by atoms with Crippen molar-refractivity contribution in [2.24, 2.45) is 0 Å². The van der Waals surface area contributed by atoms with Crippen LogP contribution in [-0.4, -0.2) is 40.8 Å². The Labute approximate surface area is 175 Å².